The molecule has 0 fully saturated rings. The van der Waals surface area contributed by atoms with E-state index in [1.54, 1.807) is 19.2 Å². The summed E-state index contributed by atoms with van der Waals surface area (Å²) in [5.74, 6) is 0.457. The molecule has 0 spiro atoms. The van der Waals surface area contributed by atoms with E-state index < -0.39 is 9.96 Å². The fraction of sp³-hybridized carbons (Fsp3) is 0.556. The summed E-state index contributed by atoms with van der Waals surface area (Å²) in [4.78, 5) is 12.2. The van der Waals surface area contributed by atoms with Crippen LogP contribution in [0.4, 0.5) is 5.69 Å². The lowest BCUT2D eigenvalue weighted by Gasteiger charge is -2.28. The molecule has 0 aromatic heterocycles. The standard InChI is InChI=1S/C18H24Br2Cl3N3O2S/c1-3-4-5-6-7-8-14(27)24-16(18(21,22)23)26-17(29)25-15-12(19)9-11(28-2)10-13(15)20/h9-10,16H,3-8H2,1-2H3,(H,24,27)(H2,25,26,29)/t16-/m1/s1. The van der Waals surface area contributed by atoms with E-state index in [0.29, 0.717) is 17.9 Å². The molecule has 11 heteroatoms. The maximum absolute atomic E-state index is 12.2. The van der Waals surface area contributed by atoms with Gasteiger partial charge in [0.2, 0.25) is 9.70 Å². The van der Waals surface area contributed by atoms with Crippen LogP contribution in [0.1, 0.15) is 45.4 Å². The average molecular weight is 613 g/mol. The molecule has 0 bridgehead atoms. The molecule has 0 radical (unpaired) electrons. The third-order valence-electron chi connectivity index (χ3n) is 3.91. The van der Waals surface area contributed by atoms with Crippen molar-refractivity contribution >= 4 is 95.6 Å². The average Bonchev–Trinajstić information content (AvgIpc) is 2.63. The molecule has 0 aliphatic heterocycles. The fourth-order valence-corrected chi connectivity index (χ4v) is 4.28. The normalized spacial score (nSPS) is 12.2. The summed E-state index contributed by atoms with van der Waals surface area (Å²) in [5, 5.41) is 8.74. The SMILES string of the molecule is CCCCCCCC(=O)N[C@H](NC(=S)Nc1c(Br)cc(OC)cc1Br)C(Cl)(Cl)Cl. The van der Waals surface area contributed by atoms with E-state index in [0.717, 1.165) is 41.0 Å². The first kappa shape index (κ1) is 27.0. The van der Waals surface area contributed by atoms with Gasteiger partial charge in [0, 0.05) is 15.4 Å². The van der Waals surface area contributed by atoms with Crippen LogP contribution in [-0.2, 0) is 4.79 Å². The molecule has 1 aromatic carbocycles. The number of ether oxygens (including phenoxy) is 1. The number of methoxy groups -OCH3 is 1. The summed E-state index contributed by atoms with van der Waals surface area (Å²) in [6, 6.07) is 3.56. The minimum atomic E-state index is -1.79. The molecular weight excluding hydrogens is 588 g/mol. The minimum Gasteiger partial charge on any atom is -0.497 e. The summed E-state index contributed by atoms with van der Waals surface area (Å²) in [5.41, 5.74) is 0.661. The Morgan fingerprint density at radius 2 is 1.72 bits per heavy atom. The number of rotatable bonds is 10. The number of hydrogen-bond acceptors (Lipinski definition) is 3. The van der Waals surface area contributed by atoms with Crippen molar-refractivity contribution in [3.05, 3.63) is 21.1 Å². The monoisotopic (exact) mass is 609 g/mol. The molecule has 0 unspecified atom stereocenters. The van der Waals surface area contributed by atoms with Gasteiger partial charge in [0.15, 0.2) is 5.11 Å². The van der Waals surface area contributed by atoms with Crippen LogP contribution in [0.5, 0.6) is 5.75 Å². The van der Waals surface area contributed by atoms with E-state index in [1.165, 1.54) is 0 Å². The van der Waals surface area contributed by atoms with Gasteiger partial charge in [-0.3, -0.25) is 4.79 Å². The highest BCUT2D eigenvalue weighted by Gasteiger charge is 2.34. The van der Waals surface area contributed by atoms with Crippen LogP contribution in [0.25, 0.3) is 0 Å². The first-order valence-corrected chi connectivity index (χ1v) is 12.2. The smallest absolute Gasteiger partial charge is 0.228 e. The Balaban J connectivity index is 2.69. The molecule has 0 saturated heterocycles. The number of amides is 1. The maximum atomic E-state index is 12.2. The van der Waals surface area contributed by atoms with Gasteiger partial charge in [0.25, 0.3) is 0 Å². The number of unbranched alkanes of at least 4 members (excludes halogenated alkanes) is 4. The highest BCUT2D eigenvalue weighted by molar-refractivity contribution is 9.11. The zero-order chi connectivity index (χ0) is 22.0. The largest absolute Gasteiger partial charge is 0.497 e. The van der Waals surface area contributed by atoms with Crippen molar-refractivity contribution in [3.8, 4) is 5.75 Å². The van der Waals surface area contributed by atoms with Crippen LogP contribution < -0.4 is 20.7 Å². The van der Waals surface area contributed by atoms with Gasteiger partial charge in [0.05, 0.1) is 12.8 Å². The number of carbonyl (C=O) groups excluding carboxylic acids is 1. The zero-order valence-corrected chi connectivity index (χ0v) is 22.3. The van der Waals surface area contributed by atoms with Crippen molar-refractivity contribution in [1.29, 1.82) is 0 Å². The van der Waals surface area contributed by atoms with Gasteiger partial charge in [-0.1, -0.05) is 67.4 Å². The number of benzene rings is 1. The quantitative estimate of drug-likeness (QED) is 0.119. The van der Waals surface area contributed by atoms with Crippen LogP contribution in [-0.4, -0.2) is 28.1 Å². The van der Waals surface area contributed by atoms with E-state index in [1.807, 2.05) is 0 Å². The molecule has 0 heterocycles. The highest BCUT2D eigenvalue weighted by atomic mass is 79.9. The second-order valence-electron chi connectivity index (χ2n) is 6.27. The van der Waals surface area contributed by atoms with E-state index in [4.69, 9.17) is 51.8 Å². The Labute approximate surface area is 209 Å². The van der Waals surface area contributed by atoms with Crippen molar-refractivity contribution in [2.45, 2.75) is 55.4 Å². The zero-order valence-electron chi connectivity index (χ0n) is 16.1. The van der Waals surface area contributed by atoms with Crippen LogP contribution in [0.15, 0.2) is 21.1 Å². The Hall–Kier alpha value is 0.0100. The molecule has 1 rings (SSSR count). The lowest BCUT2D eigenvalue weighted by atomic mass is 10.1. The van der Waals surface area contributed by atoms with Crippen molar-refractivity contribution in [2.75, 3.05) is 12.4 Å². The van der Waals surface area contributed by atoms with Gasteiger partial charge in [-0.05, 0) is 62.6 Å². The third kappa shape index (κ3) is 10.2. The molecule has 29 heavy (non-hydrogen) atoms. The van der Waals surface area contributed by atoms with Crippen LogP contribution in [0, 0.1) is 0 Å². The van der Waals surface area contributed by atoms with Crippen molar-refractivity contribution in [1.82, 2.24) is 10.6 Å². The van der Waals surface area contributed by atoms with Gasteiger partial charge < -0.3 is 20.7 Å². The molecule has 1 aromatic rings. The van der Waals surface area contributed by atoms with Crippen molar-refractivity contribution in [2.24, 2.45) is 0 Å². The highest BCUT2D eigenvalue weighted by Crippen LogP contribution is 2.35. The van der Waals surface area contributed by atoms with Gasteiger partial charge in [0.1, 0.15) is 11.9 Å². The molecule has 3 N–H and O–H groups in total. The van der Waals surface area contributed by atoms with E-state index in [9.17, 15) is 4.79 Å². The molecule has 1 atom stereocenters. The molecule has 164 valence electrons. The number of nitrogens with one attached hydrogen (secondary N) is 3. The number of thiocarbonyl (C=S) groups is 1. The lowest BCUT2D eigenvalue weighted by Crippen LogP contribution is -2.56. The van der Waals surface area contributed by atoms with Crippen molar-refractivity contribution < 1.29 is 9.53 Å². The maximum Gasteiger partial charge on any atom is 0.228 e. The Bertz CT molecular complexity index is 682. The number of alkyl halides is 3. The van der Waals surface area contributed by atoms with E-state index >= 15 is 0 Å². The summed E-state index contributed by atoms with van der Waals surface area (Å²) in [6.07, 6.45) is 4.56. The number of hydrogen-bond donors (Lipinski definition) is 3. The number of anilines is 1. The summed E-state index contributed by atoms with van der Waals surface area (Å²) in [7, 11) is 1.57. The molecule has 0 saturated carbocycles. The predicted molar refractivity (Wildman–Crippen MR) is 133 cm³/mol. The summed E-state index contributed by atoms with van der Waals surface area (Å²) in [6.45, 7) is 2.14. The first-order chi connectivity index (χ1) is 13.6. The fourth-order valence-electron chi connectivity index (χ4n) is 2.39. The second-order valence-corrected chi connectivity index (χ2v) is 10.8. The van der Waals surface area contributed by atoms with Crippen LogP contribution >= 0.6 is 78.9 Å². The molecule has 5 nitrogen and oxygen atoms in total. The summed E-state index contributed by atoms with van der Waals surface area (Å²) < 4.78 is 4.85. The van der Waals surface area contributed by atoms with Crippen LogP contribution in [0.2, 0.25) is 0 Å². The predicted octanol–water partition coefficient (Wildman–Crippen LogP) is 6.68. The van der Waals surface area contributed by atoms with Gasteiger partial charge >= 0.3 is 0 Å². The summed E-state index contributed by atoms with van der Waals surface area (Å²) >= 11 is 30.3. The molecule has 0 aliphatic rings. The lowest BCUT2D eigenvalue weighted by molar-refractivity contribution is -0.122. The Kier molecular flexibility index (Phi) is 12.5. The van der Waals surface area contributed by atoms with E-state index in [-0.39, 0.29) is 11.0 Å². The Morgan fingerprint density at radius 3 is 2.24 bits per heavy atom. The van der Waals surface area contributed by atoms with Gasteiger partial charge in [-0.2, -0.15) is 0 Å². The third-order valence-corrected chi connectivity index (χ3v) is 6.03. The van der Waals surface area contributed by atoms with Gasteiger partial charge in [-0.25, -0.2) is 0 Å². The molecule has 0 aliphatic carbocycles. The van der Waals surface area contributed by atoms with Crippen LogP contribution in [0.3, 0.4) is 0 Å². The van der Waals surface area contributed by atoms with E-state index in [2.05, 4.69) is 54.7 Å². The Morgan fingerprint density at radius 1 is 1.14 bits per heavy atom. The van der Waals surface area contributed by atoms with Gasteiger partial charge in [-0.15, -0.1) is 0 Å². The first-order valence-electron chi connectivity index (χ1n) is 9.05. The number of halogens is 5. The topological polar surface area (TPSA) is 62.4 Å². The molecular formula is C18H24Br2Cl3N3O2S. The minimum absolute atomic E-state index is 0.177. The number of carbonyl (C=O) groups is 1. The molecule has 1 amide bonds. The van der Waals surface area contributed by atoms with Crippen molar-refractivity contribution in [3.63, 3.8) is 0 Å². The second kappa shape index (κ2) is 13.4.